The lowest BCUT2D eigenvalue weighted by Gasteiger charge is -2.66. The van der Waals surface area contributed by atoms with Crippen LogP contribution in [0, 0.1) is 22.2 Å². The number of aliphatic hydroxyl groups is 1. The summed E-state index contributed by atoms with van der Waals surface area (Å²) in [5, 5.41) is 10.5. The highest BCUT2D eigenvalue weighted by molar-refractivity contribution is 5.10. The van der Waals surface area contributed by atoms with Crippen LogP contribution in [0.1, 0.15) is 91.4 Å². The zero-order valence-electron chi connectivity index (χ0n) is 13.9. The minimum atomic E-state index is -0.0370. The minimum absolute atomic E-state index is 0.0370. The molecule has 0 aromatic heterocycles. The van der Waals surface area contributed by atoms with Gasteiger partial charge in [0.05, 0.1) is 6.10 Å². The zero-order valence-corrected chi connectivity index (χ0v) is 13.9. The third kappa shape index (κ3) is 2.80. The molecule has 0 amide bonds. The first-order valence-corrected chi connectivity index (χ1v) is 9.04. The molecule has 4 fully saturated rings. The number of hydrogen-bond acceptors (Lipinski definition) is 1. The number of hydrogen-bond donors (Lipinski definition) is 1. The highest BCUT2D eigenvalue weighted by atomic mass is 16.3. The first-order chi connectivity index (χ1) is 9.36. The molecule has 4 rings (SSSR count). The number of unbranched alkanes of at least 4 members (excludes halogenated alkanes) is 2. The van der Waals surface area contributed by atoms with E-state index in [0.29, 0.717) is 16.2 Å². The standard InChI is InChI=1S/C19H34O/c1-4-5-6-7-16(20)11-19-10-15-8-17(2,13-19)12-18(3,9-15)14-19/h15-16,20H,4-14H2,1-3H3. The van der Waals surface area contributed by atoms with Crippen LogP contribution in [0.2, 0.25) is 0 Å². The average molecular weight is 278 g/mol. The molecule has 4 aliphatic carbocycles. The van der Waals surface area contributed by atoms with Crippen LogP contribution in [0.5, 0.6) is 0 Å². The predicted molar refractivity (Wildman–Crippen MR) is 84.6 cm³/mol. The van der Waals surface area contributed by atoms with Crippen molar-refractivity contribution in [2.45, 2.75) is 97.5 Å². The zero-order chi connectivity index (χ0) is 14.4. The van der Waals surface area contributed by atoms with Gasteiger partial charge in [-0.15, -0.1) is 0 Å². The summed E-state index contributed by atoms with van der Waals surface area (Å²) in [7, 11) is 0. The monoisotopic (exact) mass is 278 g/mol. The van der Waals surface area contributed by atoms with Gasteiger partial charge in [0.25, 0.3) is 0 Å². The van der Waals surface area contributed by atoms with Crippen molar-refractivity contribution < 1.29 is 5.11 Å². The molecule has 20 heavy (non-hydrogen) atoms. The number of aliphatic hydroxyl groups excluding tert-OH is 1. The molecule has 0 radical (unpaired) electrons. The Bertz CT molecular complexity index is 343. The van der Waals surface area contributed by atoms with Gasteiger partial charge in [0, 0.05) is 0 Å². The van der Waals surface area contributed by atoms with Crippen molar-refractivity contribution in [3.8, 4) is 0 Å². The fourth-order valence-electron chi connectivity index (χ4n) is 7.14. The summed E-state index contributed by atoms with van der Waals surface area (Å²) in [6, 6.07) is 0. The normalized spacial score (nSPS) is 47.7. The molecular formula is C19H34O. The first kappa shape index (κ1) is 14.9. The summed E-state index contributed by atoms with van der Waals surface area (Å²) in [4.78, 5) is 0. The second-order valence-electron chi connectivity index (χ2n) is 9.48. The molecular weight excluding hydrogens is 244 g/mol. The fraction of sp³-hybridized carbons (Fsp3) is 1.00. The maximum absolute atomic E-state index is 10.5. The SMILES string of the molecule is CCCCCC(O)CC12CC3CC(C)(CC(C)(C3)C1)C2. The van der Waals surface area contributed by atoms with E-state index in [2.05, 4.69) is 20.8 Å². The molecule has 1 nitrogen and oxygen atoms in total. The van der Waals surface area contributed by atoms with Crippen molar-refractivity contribution >= 4 is 0 Å². The first-order valence-electron chi connectivity index (χ1n) is 9.04. The van der Waals surface area contributed by atoms with Gasteiger partial charge in [0.2, 0.25) is 0 Å². The Balaban J connectivity index is 1.66. The van der Waals surface area contributed by atoms with E-state index in [0.717, 1.165) is 18.8 Å². The van der Waals surface area contributed by atoms with E-state index in [4.69, 9.17) is 0 Å². The maximum Gasteiger partial charge on any atom is 0.0545 e. The molecule has 0 spiro atoms. The molecule has 1 N–H and O–H groups in total. The molecule has 0 saturated heterocycles. The smallest absolute Gasteiger partial charge is 0.0545 e. The van der Waals surface area contributed by atoms with Gasteiger partial charge in [0.1, 0.15) is 0 Å². The third-order valence-corrected chi connectivity index (χ3v) is 6.55. The summed E-state index contributed by atoms with van der Waals surface area (Å²) < 4.78 is 0. The van der Waals surface area contributed by atoms with Gasteiger partial charge >= 0.3 is 0 Å². The van der Waals surface area contributed by atoms with Crippen LogP contribution in [0.4, 0.5) is 0 Å². The summed E-state index contributed by atoms with van der Waals surface area (Å²) in [5.74, 6) is 0.962. The highest BCUT2D eigenvalue weighted by Crippen LogP contribution is 2.70. The van der Waals surface area contributed by atoms with Crippen LogP contribution in [0.3, 0.4) is 0 Å². The van der Waals surface area contributed by atoms with Crippen molar-refractivity contribution in [2.75, 3.05) is 0 Å². The average Bonchev–Trinajstić information content (AvgIpc) is 2.22. The Kier molecular flexibility index (Phi) is 3.72. The Labute approximate surface area is 125 Å². The molecule has 0 aromatic rings. The Hall–Kier alpha value is -0.0400. The van der Waals surface area contributed by atoms with Crippen molar-refractivity contribution in [3.05, 3.63) is 0 Å². The summed E-state index contributed by atoms with van der Waals surface area (Å²) in [6.45, 7) is 7.31. The fourth-order valence-corrected chi connectivity index (χ4v) is 7.14. The highest BCUT2D eigenvalue weighted by Gasteiger charge is 2.59. The molecule has 1 heteroatoms. The van der Waals surface area contributed by atoms with Crippen molar-refractivity contribution in [1.82, 2.24) is 0 Å². The second-order valence-corrected chi connectivity index (χ2v) is 9.48. The number of rotatable bonds is 6. The van der Waals surface area contributed by atoms with Crippen molar-refractivity contribution in [1.29, 1.82) is 0 Å². The predicted octanol–water partition coefficient (Wildman–Crippen LogP) is 5.31. The van der Waals surface area contributed by atoms with Crippen molar-refractivity contribution in [3.63, 3.8) is 0 Å². The van der Waals surface area contributed by atoms with Crippen molar-refractivity contribution in [2.24, 2.45) is 22.2 Å². The van der Waals surface area contributed by atoms with E-state index >= 15 is 0 Å². The van der Waals surface area contributed by atoms with Crippen LogP contribution in [0.25, 0.3) is 0 Å². The van der Waals surface area contributed by atoms with Crippen LogP contribution >= 0.6 is 0 Å². The Morgan fingerprint density at radius 3 is 2.20 bits per heavy atom. The lowest BCUT2D eigenvalue weighted by molar-refractivity contribution is -0.156. The van der Waals surface area contributed by atoms with Gasteiger partial charge in [-0.05, 0) is 73.5 Å². The Morgan fingerprint density at radius 1 is 1.00 bits per heavy atom. The summed E-state index contributed by atoms with van der Waals surface area (Å²) >= 11 is 0. The molecule has 4 aliphatic rings. The van der Waals surface area contributed by atoms with E-state index < -0.39 is 0 Å². The lowest BCUT2D eigenvalue weighted by atomic mass is 9.39. The third-order valence-electron chi connectivity index (χ3n) is 6.55. The van der Waals surface area contributed by atoms with E-state index in [-0.39, 0.29) is 6.10 Å². The quantitative estimate of drug-likeness (QED) is 0.652. The van der Waals surface area contributed by atoms with Gasteiger partial charge in [0.15, 0.2) is 0 Å². The molecule has 0 aliphatic heterocycles. The van der Waals surface area contributed by atoms with Gasteiger partial charge < -0.3 is 5.11 Å². The second kappa shape index (κ2) is 5.00. The molecule has 116 valence electrons. The minimum Gasteiger partial charge on any atom is -0.393 e. The molecule has 4 saturated carbocycles. The molecule has 0 heterocycles. The van der Waals surface area contributed by atoms with Gasteiger partial charge in [-0.25, -0.2) is 0 Å². The summed E-state index contributed by atoms with van der Waals surface area (Å²) in [5.41, 5.74) is 1.68. The van der Waals surface area contributed by atoms with Crippen LogP contribution < -0.4 is 0 Å². The maximum atomic E-state index is 10.5. The molecule has 4 bridgehead atoms. The van der Waals surface area contributed by atoms with E-state index in [1.807, 2.05) is 0 Å². The molecule has 3 atom stereocenters. The van der Waals surface area contributed by atoms with Gasteiger partial charge in [-0.2, -0.15) is 0 Å². The van der Waals surface area contributed by atoms with Gasteiger partial charge in [-0.1, -0.05) is 40.0 Å². The van der Waals surface area contributed by atoms with Crippen LogP contribution in [-0.2, 0) is 0 Å². The van der Waals surface area contributed by atoms with Crippen LogP contribution in [0.15, 0.2) is 0 Å². The molecule has 0 aromatic carbocycles. The van der Waals surface area contributed by atoms with E-state index in [1.165, 1.54) is 57.8 Å². The topological polar surface area (TPSA) is 20.2 Å². The van der Waals surface area contributed by atoms with E-state index in [1.54, 1.807) is 0 Å². The largest absolute Gasteiger partial charge is 0.393 e. The van der Waals surface area contributed by atoms with Crippen LogP contribution in [-0.4, -0.2) is 11.2 Å². The summed E-state index contributed by atoms with van der Waals surface area (Å²) in [6.07, 6.45) is 14.5. The van der Waals surface area contributed by atoms with E-state index in [9.17, 15) is 5.11 Å². The lowest BCUT2D eigenvalue weighted by Crippen LogP contribution is -2.55. The van der Waals surface area contributed by atoms with Gasteiger partial charge in [-0.3, -0.25) is 0 Å². The molecule has 3 unspecified atom stereocenters. The Morgan fingerprint density at radius 2 is 1.65 bits per heavy atom.